The number of rotatable bonds is 1. The zero-order valence-corrected chi connectivity index (χ0v) is 11.6. The minimum atomic E-state index is -0.725. The second-order valence-corrected chi connectivity index (χ2v) is 5.91. The van der Waals surface area contributed by atoms with E-state index in [1.54, 1.807) is 0 Å². The van der Waals surface area contributed by atoms with Crippen molar-refractivity contribution in [3.05, 3.63) is 24.3 Å². The number of carbonyl (C=O) groups is 1. The fourth-order valence-electron chi connectivity index (χ4n) is 1.52. The highest BCUT2D eigenvalue weighted by molar-refractivity contribution is 5.67. The Morgan fingerprint density at radius 3 is 2.35 bits per heavy atom. The maximum absolute atomic E-state index is 10.0. The van der Waals surface area contributed by atoms with Crippen LogP contribution in [0, 0.1) is 11.3 Å². The molecule has 1 N–H and O–H groups in total. The molecular weight excluding hydrogens is 212 g/mol. The van der Waals surface area contributed by atoms with Gasteiger partial charge in [-0.25, -0.2) is 0 Å². The fourth-order valence-corrected chi connectivity index (χ4v) is 1.52. The normalized spacial score (nSPS) is 19.9. The Bertz CT molecular complexity index is 269. The first-order chi connectivity index (χ1) is 7.81. The summed E-state index contributed by atoms with van der Waals surface area (Å²) in [7, 11) is 0. The maximum Gasteiger partial charge on any atom is 0.303 e. The Balaban J connectivity index is 0.000000304. The van der Waals surface area contributed by atoms with Crippen molar-refractivity contribution in [1.82, 2.24) is 0 Å². The summed E-state index contributed by atoms with van der Waals surface area (Å²) >= 11 is 0. The second kappa shape index (κ2) is 8.10. The van der Waals surface area contributed by atoms with Crippen molar-refractivity contribution in [2.45, 2.75) is 53.4 Å². The van der Waals surface area contributed by atoms with Crippen LogP contribution in [0.2, 0.25) is 0 Å². The standard InChI is InChI=1S/C9H14.C6H12O2/c1-9-7-5-3-2-4-6-8-9;1-6(2,3)4-5(7)8/h2-5,9H,6-8H2,1H3;4H2,1-3H3,(H,7,8). The Labute approximate surface area is 105 Å². The molecule has 0 heterocycles. The predicted molar refractivity (Wildman–Crippen MR) is 73.0 cm³/mol. The number of hydrogen-bond acceptors (Lipinski definition) is 1. The first kappa shape index (κ1) is 16.0. The van der Waals surface area contributed by atoms with E-state index in [1.165, 1.54) is 19.3 Å². The van der Waals surface area contributed by atoms with Gasteiger partial charge < -0.3 is 5.11 Å². The number of hydrogen-bond donors (Lipinski definition) is 1. The van der Waals surface area contributed by atoms with E-state index in [4.69, 9.17) is 5.11 Å². The summed E-state index contributed by atoms with van der Waals surface area (Å²) in [6.07, 6.45) is 12.9. The Morgan fingerprint density at radius 1 is 1.29 bits per heavy atom. The fraction of sp³-hybridized carbons (Fsp3) is 0.667. The third-order valence-corrected chi connectivity index (χ3v) is 2.43. The quantitative estimate of drug-likeness (QED) is 0.734. The van der Waals surface area contributed by atoms with Crippen molar-refractivity contribution in [2.24, 2.45) is 11.3 Å². The van der Waals surface area contributed by atoms with Gasteiger partial charge in [-0.3, -0.25) is 4.79 Å². The van der Waals surface area contributed by atoms with E-state index in [-0.39, 0.29) is 11.8 Å². The van der Waals surface area contributed by atoms with Crippen LogP contribution in [0.3, 0.4) is 0 Å². The van der Waals surface area contributed by atoms with E-state index in [1.807, 2.05) is 20.8 Å². The van der Waals surface area contributed by atoms with Gasteiger partial charge in [-0.2, -0.15) is 0 Å². The van der Waals surface area contributed by atoms with Crippen molar-refractivity contribution < 1.29 is 9.90 Å². The highest BCUT2D eigenvalue weighted by atomic mass is 16.4. The molecule has 0 spiro atoms. The van der Waals surface area contributed by atoms with Gasteiger partial charge in [-0.05, 0) is 30.6 Å². The van der Waals surface area contributed by atoms with Gasteiger partial charge in [-0.15, -0.1) is 0 Å². The van der Waals surface area contributed by atoms with Crippen LogP contribution in [0.15, 0.2) is 24.3 Å². The van der Waals surface area contributed by atoms with Crippen LogP contribution in [0.4, 0.5) is 0 Å². The maximum atomic E-state index is 10.0. The second-order valence-electron chi connectivity index (χ2n) is 5.91. The largest absolute Gasteiger partial charge is 0.481 e. The van der Waals surface area contributed by atoms with E-state index in [0.717, 1.165) is 5.92 Å². The van der Waals surface area contributed by atoms with E-state index in [2.05, 4.69) is 31.2 Å². The lowest BCUT2D eigenvalue weighted by atomic mass is 9.93. The third kappa shape index (κ3) is 12.9. The smallest absolute Gasteiger partial charge is 0.303 e. The van der Waals surface area contributed by atoms with Gasteiger partial charge in [0, 0.05) is 0 Å². The number of carboxylic acids is 1. The van der Waals surface area contributed by atoms with Gasteiger partial charge in [-0.1, -0.05) is 52.0 Å². The first-order valence-electron chi connectivity index (χ1n) is 6.35. The molecule has 1 unspecified atom stereocenters. The van der Waals surface area contributed by atoms with Gasteiger partial charge in [0.25, 0.3) is 0 Å². The molecule has 2 nitrogen and oxygen atoms in total. The molecular formula is C15H26O2. The van der Waals surface area contributed by atoms with Crippen LogP contribution in [0.25, 0.3) is 0 Å². The van der Waals surface area contributed by atoms with Crippen molar-refractivity contribution in [3.63, 3.8) is 0 Å². The summed E-state index contributed by atoms with van der Waals surface area (Å²) in [6, 6.07) is 0. The van der Waals surface area contributed by atoms with E-state index < -0.39 is 5.97 Å². The molecule has 1 rings (SSSR count). The highest BCUT2D eigenvalue weighted by Gasteiger charge is 2.13. The van der Waals surface area contributed by atoms with E-state index >= 15 is 0 Å². The molecule has 1 aliphatic carbocycles. The van der Waals surface area contributed by atoms with Gasteiger partial charge in [0.1, 0.15) is 0 Å². The monoisotopic (exact) mass is 238 g/mol. The number of carboxylic acid groups (broad SMARTS) is 1. The lowest BCUT2D eigenvalue weighted by molar-refractivity contribution is -0.139. The summed E-state index contributed by atoms with van der Waals surface area (Å²) in [5, 5.41) is 8.25. The molecule has 0 aliphatic heterocycles. The van der Waals surface area contributed by atoms with Gasteiger partial charge >= 0.3 is 5.97 Å². The SMILES string of the molecule is CC(C)(C)CC(=O)O.CC1CC=CC=CCC1. The van der Waals surface area contributed by atoms with Crippen molar-refractivity contribution in [1.29, 1.82) is 0 Å². The lowest BCUT2D eigenvalue weighted by Gasteiger charge is -2.13. The zero-order chi connectivity index (χ0) is 13.3. The van der Waals surface area contributed by atoms with Crippen LogP contribution >= 0.6 is 0 Å². The first-order valence-corrected chi connectivity index (χ1v) is 6.35. The van der Waals surface area contributed by atoms with Crippen LogP contribution in [-0.4, -0.2) is 11.1 Å². The predicted octanol–water partition coefficient (Wildman–Crippen LogP) is 4.43. The molecule has 0 aromatic carbocycles. The molecule has 1 aliphatic rings. The molecule has 0 saturated heterocycles. The zero-order valence-electron chi connectivity index (χ0n) is 11.6. The number of aliphatic carboxylic acids is 1. The van der Waals surface area contributed by atoms with Crippen molar-refractivity contribution in [2.75, 3.05) is 0 Å². The molecule has 1 atom stereocenters. The summed E-state index contributed by atoms with van der Waals surface area (Å²) in [5.41, 5.74) is -0.0775. The van der Waals surface area contributed by atoms with E-state index in [0.29, 0.717) is 0 Å². The molecule has 0 aromatic rings. The van der Waals surface area contributed by atoms with Crippen LogP contribution in [0.1, 0.15) is 53.4 Å². The molecule has 0 aromatic heterocycles. The minimum Gasteiger partial charge on any atom is -0.481 e. The summed E-state index contributed by atoms with van der Waals surface area (Å²) < 4.78 is 0. The molecule has 0 saturated carbocycles. The van der Waals surface area contributed by atoms with Crippen LogP contribution in [0.5, 0.6) is 0 Å². The lowest BCUT2D eigenvalue weighted by Crippen LogP contribution is -2.11. The molecule has 0 amide bonds. The molecule has 98 valence electrons. The van der Waals surface area contributed by atoms with E-state index in [9.17, 15) is 4.79 Å². The Morgan fingerprint density at radius 2 is 1.88 bits per heavy atom. The average molecular weight is 238 g/mol. The molecule has 2 heteroatoms. The van der Waals surface area contributed by atoms with Crippen molar-refractivity contribution >= 4 is 5.97 Å². The van der Waals surface area contributed by atoms with Crippen LogP contribution < -0.4 is 0 Å². The summed E-state index contributed by atoms with van der Waals surface area (Å²) in [4.78, 5) is 10.0. The average Bonchev–Trinajstić information content (AvgIpc) is 2.08. The summed E-state index contributed by atoms with van der Waals surface area (Å²) in [6.45, 7) is 8.02. The van der Waals surface area contributed by atoms with Gasteiger partial charge in [0.15, 0.2) is 0 Å². The molecule has 0 bridgehead atoms. The number of allylic oxidation sites excluding steroid dienone is 4. The Hall–Kier alpha value is -1.05. The molecule has 17 heavy (non-hydrogen) atoms. The molecule has 0 fully saturated rings. The van der Waals surface area contributed by atoms with Crippen LogP contribution in [-0.2, 0) is 4.79 Å². The van der Waals surface area contributed by atoms with Gasteiger partial charge in [0.2, 0.25) is 0 Å². The van der Waals surface area contributed by atoms with Gasteiger partial charge in [0.05, 0.1) is 6.42 Å². The minimum absolute atomic E-state index is 0.0775. The molecule has 0 radical (unpaired) electrons. The topological polar surface area (TPSA) is 37.3 Å². The summed E-state index contributed by atoms with van der Waals surface area (Å²) in [5.74, 6) is 0.156. The Kier molecular flexibility index (Phi) is 7.60. The highest BCUT2D eigenvalue weighted by Crippen LogP contribution is 2.17. The van der Waals surface area contributed by atoms with Crippen molar-refractivity contribution in [3.8, 4) is 0 Å². The third-order valence-electron chi connectivity index (χ3n) is 2.43.